The van der Waals surface area contributed by atoms with Crippen molar-refractivity contribution in [2.24, 2.45) is 0 Å². The maximum Gasteiger partial charge on any atom is 0.274 e. The Balaban J connectivity index is 2.10. The van der Waals surface area contributed by atoms with Crippen LogP contribution in [0.1, 0.15) is 16.1 Å². The fourth-order valence-corrected chi connectivity index (χ4v) is 2.13. The molecule has 0 fully saturated rings. The number of amides is 1. The standard InChI is InChI=1S/C14H15BrN4O/c1-16-13-8-17-12(7-18-13)14(20)19(2)9-10-5-3-4-6-11(10)15/h3-8H,9H2,1-2H3,(H,16,18). The molecular weight excluding hydrogens is 320 g/mol. The van der Waals surface area contributed by atoms with Crippen molar-refractivity contribution in [3.63, 3.8) is 0 Å². The van der Waals surface area contributed by atoms with Gasteiger partial charge in [0.2, 0.25) is 0 Å². The van der Waals surface area contributed by atoms with Crippen molar-refractivity contribution in [1.29, 1.82) is 0 Å². The van der Waals surface area contributed by atoms with Gasteiger partial charge in [0.15, 0.2) is 0 Å². The van der Waals surface area contributed by atoms with E-state index < -0.39 is 0 Å². The Morgan fingerprint density at radius 2 is 2.05 bits per heavy atom. The van der Waals surface area contributed by atoms with Crippen LogP contribution >= 0.6 is 15.9 Å². The number of hydrogen-bond acceptors (Lipinski definition) is 4. The topological polar surface area (TPSA) is 58.1 Å². The van der Waals surface area contributed by atoms with Crippen molar-refractivity contribution in [3.8, 4) is 0 Å². The first kappa shape index (κ1) is 14.5. The fourth-order valence-electron chi connectivity index (χ4n) is 1.72. The summed E-state index contributed by atoms with van der Waals surface area (Å²) < 4.78 is 0.983. The van der Waals surface area contributed by atoms with Crippen LogP contribution in [-0.4, -0.2) is 34.9 Å². The van der Waals surface area contributed by atoms with E-state index in [2.05, 4.69) is 31.2 Å². The monoisotopic (exact) mass is 334 g/mol. The van der Waals surface area contributed by atoms with E-state index in [1.807, 2.05) is 24.3 Å². The van der Waals surface area contributed by atoms with Crippen LogP contribution in [0.5, 0.6) is 0 Å². The average molecular weight is 335 g/mol. The number of nitrogens with one attached hydrogen (secondary N) is 1. The second-order valence-electron chi connectivity index (χ2n) is 4.29. The van der Waals surface area contributed by atoms with E-state index in [9.17, 15) is 4.79 Å². The van der Waals surface area contributed by atoms with Gasteiger partial charge in [0.05, 0.1) is 12.4 Å². The molecule has 6 heteroatoms. The van der Waals surface area contributed by atoms with Crippen molar-refractivity contribution in [3.05, 3.63) is 52.4 Å². The summed E-state index contributed by atoms with van der Waals surface area (Å²) in [6.07, 6.45) is 3.02. The van der Waals surface area contributed by atoms with Crippen LogP contribution in [0.15, 0.2) is 41.1 Å². The summed E-state index contributed by atoms with van der Waals surface area (Å²) in [7, 11) is 3.50. The molecule has 0 aliphatic carbocycles. The lowest BCUT2D eigenvalue weighted by molar-refractivity contribution is 0.0778. The second-order valence-corrected chi connectivity index (χ2v) is 5.14. The summed E-state index contributed by atoms with van der Waals surface area (Å²) >= 11 is 3.47. The molecule has 104 valence electrons. The highest BCUT2D eigenvalue weighted by Gasteiger charge is 2.14. The number of carbonyl (C=O) groups is 1. The Kier molecular flexibility index (Phi) is 4.68. The molecule has 1 amide bonds. The summed E-state index contributed by atoms with van der Waals surface area (Å²) in [5, 5.41) is 2.86. The van der Waals surface area contributed by atoms with Crippen LogP contribution in [0.2, 0.25) is 0 Å². The van der Waals surface area contributed by atoms with Crippen molar-refractivity contribution in [2.75, 3.05) is 19.4 Å². The summed E-state index contributed by atoms with van der Waals surface area (Å²) in [6.45, 7) is 0.510. The van der Waals surface area contributed by atoms with Gasteiger partial charge in [-0.2, -0.15) is 0 Å². The molecule has 0 aliphatic rings. The van der Waals surface area contributed by atoms with Gasteiger partial charge in [0.1, 0.15) is 11.5 Å². The lowest BCUT2D eigenvalue weighted by atomic mass is 10.2. The third-order valence-corrected chi connectivity index (χ3v) is 3.61. The van der Waals surface area contributed by atoms with E-state index in [1.54, 1.807) is 25.2 Å². The van der Waals surface area contributed by atoms with Gasteiger partial charge in [0.25, 0.3) is 5.91 Å². The zero-order valence-corrected chi connectivity index (χ0v) is 12.9. The highest BCUT2D eigenvalue weighted by Crippen LogP contribution is 2.17. The number of hydrogen-bond donors (Lipinski definition) is 1. The summed E-state index contributed by atoms with van der Waals surface area (Å²) in [4.78, 5) is 22.1. The molecule has 0 aliphatic heterocycles. The lowest BCUT2D eigenvalue weighted by Gasteiger charge is -2.17. The number of rotatable bonds is 4. The molecule has 0 unspecified atom stereocenters. The number of nitrogens with zero attached hydrogens (tertiary/aromatic N) is 3. The van der Waals surface area contributed by atoms with E-state index in [4.69, 9.17) is 0 Å². The maximum atomic E-state index is 12.2. The van der Waals surface area contributed by atoms with Crippen molar-refractivity contribution < 1.29 is 4.79 Å². The molecule has 2 aromatic rings. The first-order valence-electron chi connectivity index (χ1n) is 6.10. The van der Waals surface area contributed by atoms with E-state index in [-0.39, 0.29) is 5.91 Å². The summed E-state index contributed by atoms with van der Waals surface area (Å²) in [5.74, 6) is 0.478. The van der Waals surface area contributed by atoms with Crippen LogP contribution in [-0.2, 0) is 6.54 Å². The molecule has 0 saturated carbocycles. The van der Waals surface area contributed by atoms with E-state index in [0.29, 0.717) is 18.1 Å². The molecule has 1 heterocycles. The molecular formula is C14H15BrN4O. The van der Waals surface area contributed by atoms with Gasteiger partial charge in [0, 0.05) is 25.1 Å². The predicted molar refractivity (Wildman–Crippen MR) is 81.5 cm³/mol. The van der Waals surface area contributed by atoms with Crippen LogP contribution in [0.25, 0.3) is 0 Å². The minimum absolute atomic E-state index is 0.157. The quantitative estimate of drug-likeness (QED) is 0.933. The largest absolute Gasteiger partial charge is 0.372 e. The number of aromatic nitrogens is 2. The molecule has 1 aromatic carbocycles. The van der Waals surface area contributed by atoms with Gasteiger partial charge < -0.3 is 10.2 Å². The van der Waals surface area contributed by atoms with E-state index in [1.165, 1.54) is 6.20 Å². The Labute approximate surface area is 126 Å². The highest BCUT2D eigenvalue weighted by molar-refractivity contribution is 9.10. The Hall–Kier alpha value is -1.95. The molecule has 20 heavy (non-hydrogen) atoms. The third kappa shape index (κ3) is 3.33. The van der Waals surface area contributed by atoms with Crippen molar-refractivity contribution >= 4 is 27.7 Å². The SMILES string of the molecule is CNc1cnc(C(=O)N(C)Cc2ccccc2Br)cn1. The van der Waals surface area contributed by atoms with Gasteiger partial charge in [-0.05, 0) is 11.6 Å². The summed E-state index contributed by atoms with van der Waals surface area (Å²) in [6, 6.07) is 7.82. The number of carbonyl (C=O) groups excluding carboxylic acids is 1. The fraction of sp³-hybridized carbons (Fsp3) is 0.214. The molecule has 0 radical (unpaired) electrons. The van der Waals surface area contributed by atoms with Crippen LogP contribution in [0.3, 0.4) is 0 Å². The van der Waals surface area contributed by atoms with Gasteiger partial charge in [-0.3, -0.25) is 4.79 Å². The van der Waals surface area contributed by atoms with Crippen LogP contribution in [0.4, 0.5) is 5.82 Å². The molecule has 5 nitrogen and oxygen atoms in total. The van der Waals surface area contributed by atoms with E-state index >= 15 is 0 Å². The average Bonchev–Trinajstić information content (AvgIpc) is 2.49. The first-order chi connectivity index (χ1) is 9.61. The molecule has 0 atom stereocenters. The molecule has 1 aromatic heterocycles. The van der Waals surface area contributed by atoms with Gasteiger partial charge in [-0.1, -0.05) is 34.1 Å². The van der Waals surface area contributed by atoms with Gasteiger partial charge >= 0.3 is 0 Å². The van der Waals surface area contributed by atoms with Crippen LogP contribution < -0.4 is 5.32 Å². The van der Waals surface area contributed by atoms with Gasteiger partial charge in [-0.15, -0.1) is 0 Å². The summed E-state index contributed by atoms with van der Waals surface area (Å²) in [5.41, 5.74) is 1.38. The smallest absolute Gasteiger partial charge is 0.274 e. The van der Waals surface area contributed by atoms with Crippen molar-refractivity contribution in [2.45, 2.75) is 6.54 Å². The normalized spacial score (nSPS) is 10.2. The maximum absolute atomic E-state index is 12.2. The minimum atomic E-state index is -0.157. The second kappa shape index (κ2) is 6.47. The first-order valence-corrected chi connectivity index (χ1v) is 6.90. The predicted octanol–water partition coefficient (Wildman–Crippen LogP) is 2.55. The molecule has 2 rings (SSSR count). The van der Waals surface area contributed by atoms with Crippen LogP contribution in [0, 0.1) is 0 Å². The third-order valence-electron chi connectivity index (χ3n) is 2.84. The number of halogens is 1. The Bertz CT molecular complexity index is 600. The number of anilines is 1. The molecule has 0 saturated heterocycles. The highest BCUT2D eigenvalue weighted by atomic mass is 79.9. The van der Waals surface area contributed by atoms with Crippen molar-refractivity contribution in [1.82, 2.24) is 14.9 Å². The van der Waals surface area contributed by atoms with Gasteiger partial charge in [-0.25, -0.2) is 9.97 Å². The number of benzene rings is 1. The molecule has 0 spiro atoms. The molecule has 0 bridgehead atoms. The zero-order chi connectivity index (χ0) is 14.5. The zero-order valence-electron chi connectivity index (χ0n) is 11.3. The Morgan fingerprint density at radius 3 is 2.65 bits per heavy atom. The Morgan fingerprint density at radius 1 is 1.30 bits per heavy atom. The lowest BCUT2D eigenvalue weighted by Crippen LogP contribution is -2.27. The molecule has 1 N–H and O–H groups in total. The van der Waals surface area contributed by atoms with E-state index in [0.717, 1.165) is 10.0 Å². The minimum Gasteiger partial charge on any atom is -0.372 e.